The second kappa shape index (κ2) is 45.2. The van der Waals surface area contributed by atoms with Crippen LogP contribution in [0.5, 0.6) is 0 Å². The minimum Gasteiger partial charge on any atom is -0.379 e. The third-order valence-corrected chi connectivity index (χ3v) is 26.5. The Hall–Kier alpha value is -5.29. The van der Waals surface area contributed by atoms with E-state index < -0.39 is 35.5 Å². The fourth-order valence-corrected chi connectivity index (χ4v) is 19.5. The number of carbonyl (C=O) groups is 4. The second-order valence-electron chi connectivity index (χ2n) is 29.1. The van der Waals surface area contributed by atoms with Crippen LogP contribution in [0.3, 0.4) is 0 Å². The molecule has 33 heteroatoms. The summed E-state index contributed by atoms with van der Waals surface area (Å²) in [5.41, 5.74) is 7.33. The average Bonchev–Trinajstić information content (AvgIpc) is 0.781. The van der Waals surface area contributed by atoms with Crippen LogP contribution in [0.4, 0.5) is 0 Å². The summed E-state index contributed by atoms with van der Waals surface area (Å²) in [6, 6.07) is 31.3. The maximum Gasteiger partial charge on any atom is 0.240 e. The first-order chi connectivity index (χ1) is 54.5. The molecule has 9 rings (SSSR count). The number of nitrogens with zero attached hydrogens (tertiary/aromatic N) is 3. The first-order valence-electron chi connectivity index (χ1n) is 38.3. The van der Waals surface area contributed by atoms with E-state index in [0.717, 1.165) is 50.1 Å². The minimum absolute atomic E-state index is 0.000700. The number of halogens is 6. The van der Waals surface area contributed by atoms with Crippen LogP contribution >= 0.6 is 69.6 Å². The van der Waals surface area contributed by atoms with Crippen LogP contribution in [0.1, 0.15) is 139 Å². The summed E-state index contributed by atoms with van der Waals surface area (Å²) < 4.78 is 123. The fraction of sp³-hybridized carbons (Fsp3) is 0.506. The molecule has 24 nitrogen and oxygen atoms in total. The lowest BCUT2D eigenvalue weighted by molar-refractivity contribution is -0.126. The number of sulfonamides is 3. The Labute approximate surface area is 701 Å². The molecule has 0 radical (unpaired) electrons. The molecule has 114 heavy (non-hydrogen) atoms. The van der Waals surface area contributed by atoms with Gasteiger partial charge in [0.2, 0.25) is 41.9 Å². The molecule has 624 valence electrons. The van der Waals surface area contributed by atoms with Gasteiger partial charge >= 0.3 is 0 Å². The third-order valence-electron chi connectivity index (χ3n) is 20.5. The molecule has 0 aromatic heterocycles. The topological polar surface area (TPSA) is 296 Å². The highest BCUT2D eigenvalue weighted by atomic mass is 35.5. The first-order valence-corrected chi connectivity index (χ1v) is 45.1. The van der Waals surface area contributed by atoms with E-state index in [1.165, 1.54) is 0 Å². The zero-order valence-corrected chi connectivity index (χ0v) is 71.8. The number of ketones is 2. The van der Waals surface area contributed by atoms with Crippen molar-refractivity contribution in [2.45, 2.75) is 123 Å². The molecule has 3 aliphatic rings. The fourth-order valence-electron chi connectivity index (χ4n) is 14.6. The van der Waals surface area contributed by atoms with E-state index in [1.807, 2.05) is 57.5 Å². The smallest absolute Gasteiger partial charge is 0.240 e. The second-order valence-corrected chi connectivity index (χ2v) is 36.9. The summed E-state index contributed by atoms with van der Waals surface area (Å²) in [6.45, 7) is 7.82. The molecule has 3 heterocycles. The quantitative estimate of drug-likeness (QED) is 0.0222. The standard InChI is InChI=1S/C81H104Cl6N8O16S3/c1-5-62(96)49-81(20-17-63(97)13-9-28-106-34-35-109-31-25-90-112(100,101)64-14-6-10-56(40-64)70-50-93(2)53-73-67(70)43-59(82)46-76(73)85,21-18-79(98)88-23-29-107-36-38-110-32-26-91-113(102,103)65-15-7-11-57(41-65)71-51-94(3)54-74-68(71)44-60(83)47-77(74)86)22-19-80(99)89-24-30-108-37-39-111-33-27-92-114(104,105)66-16-8-12-58(42-66)72-52-95(4)55-75-69(72)45-61(84)48-78(75)87/h6-8,10-12,14-16,40-48,70-72,90-92H,5,9,13,17-39,49-55H2,1-4H3,(H,88,98)(H,89,99)/t70-,71-,72-/m0/s1. The van der Waals surface area contributed by atoms with E-state index in [2.05, 4.69) is 39.5 Å². The largest absolute Gasteiger partial charge is 0.379 e. The van der Waals surface area contributed by atoms with Gasteiger partial charge in [-0.15, -0.1) is 0 Å². The van der Waals surface area contributed by atoms with Gasteiger partial charge in [0.05, 0.1) is 87.4 Å². The first kappa shape index (κ1) is 92.6. The van der Waals surface area contributed by atoms with Gasteiger partial charge < -0.3 is 53.8 Å². The van der Waals surface area contributed by atoms with Crippen LogP contribution in [0.2, 0.25) is 30.1 Å². The average molecular weight is 1750 g/mol. The van der Waals surface area contributed by atoms with Crippen LogP contribution in [-0.4, -0.2) is 216 Å². The number of rotatable bonds is 49. The highest BCUT2D eigenvalue weighted by Gasteiger charge is 2.36. The van der Waals surface area contributed by atoms with E-state index >= 15 is 0 Å². The Morgan fingerprint density at radius 3 is 1.05 bits per heavy atom. The predicted molar refractivity (Wildman–Crippen MR) is 444 cm³/mol. The number of ether oxygens (including phenoxy) is 6. The molecule has 0 saturated carbocycles. The number of amides is 2. The predicted octanol–water partition coefficient (Wildman–Crippen LogP) is 12.0. The third kappa shape index (κ3) is 28.2. The Balaban J connectivity index is 0.684. The van der Waals surface area contributed by atoms with Crippen molar-refractivity contribution >= 4 is 123 Å². The molecule has 6 aromatic carbocycles. The molecule has 0 unspecified atom stereocenters. The number of hydrogen-bond donors (Lipinski definition) is 5. The van der Waals surface area contributed by atoms with Gasteiger partial charge in [0.1, 0.15) is 11.6 Å². The van der Waals surface area contributed by atoms with Crippen LogP contribution in [0.15, 0.2) is 124 Å². The summed E-state index contributed by atoms with van der Waals surface area (Å²) in [5, 5.41) is 8.97. The van der Waals surface area contributed by atoms with Crippen LogP contribution in [0.25, 0.3) is 0 Å². The van der Waals surface area contributed by atoms with Gasteiger partial charge in [-0.3, -0.25) is 19.2 Å². The molecule has 0 bridgehead atoms. The molecule has 0 aliphatic carbocycles. The van der Waals surface area contributed by atoms with E-state index in [4.69, 9.17) is 98.0 Å². The summed E-state index contributed by atoms with van der Waals surface area (Å²) in [6.07, 6.45) is 1.59. The maximum atomic E-state index is 13.6. The molecule has 0 saturated heterocycles. The van der Waals surface area contributed by atoms with Crippen LogP contribution < -0.4 is 24.8 Å². The van der Waals surface area contributed by atoms with E-state index in [9.17, 15) is 44.4 Å². The number of Topliss-reactive ketones (excluding diaryl/α,β-unsaturated/α-hetero) is 2. The lowest BCUT2D eigenvalue weighted by Gasteiger charge is -2.33. The zero-order chi connectivity index (χ0) is 82.0. The van der Waals surface area contributed by atoms with E-state index in [1.54, 1.807) is 79.7 Å². The lowest BCUT2D eigenvalue weighted by atomic mass is 9.71. The SMILES string of the molecule is CCC(=O)CC(CCC(=O)CCCOCCOCCNS(=O)(=O)c1cccc([C@@H]2CN(C)Cc3c(Cl)cc(Cl)cc32)c1)(CCC(=O)NCCOCCOCCNS(=O)(=O)c1cccc([C@@H]2CN(C)Cc3c(Cl)cc(Cl)cc32)c1)CCC(=O)NCCOCCOCCNS(=O)(=O)c1cccc([C@@H]2CN(C)Cc3c(Cl)cc(Cl)cc32)c1. The summed E-state index contributed by atoms with van der Waals surface area (Å²) in [4.78, 5) is 60.8. The van der Waals surface area contributed by atoms with Gasteiger partial charge in [0.25, 0.3) is 0 Å². The van der Waals surface area contributed by atoms with Gasteiger partial charge in [0.15, 0.2) is 0 Å². The summed E-state index contributed by atoms with van der Waals surface area (Å²) >= 11 is 38.9. The number of fused-ring (bicyclic) bond motifs is 3. The lowest BCUT2D eigenvalue weighted by Crippen LogP contribution is -2.33. The highest BCUT2D eigenvalue weighted by molar-refractivity contribution is 7.90. The highest BCUT2D eigenvalue weighted by Crippen LogP contribution is 2.44. The number of carbonyl (C=O) groups excluding carboxylic acids is 4. The molecular weight excluding hydrogens is 1650 g/mol. The van der Waals surface area contributed by atoms with Crippen molar-refractivity contribution in [3.05, 3.63) is 189 Å². The molecule has 2 amide bonds. The van der Waals surface area contributed by atoms with Crippen molar-refractivity contribution in [2.24, 2.45) is 5.41 Å². The molecule has 3 atom stereocenters. The number of likely N-dealkylation sites (N-methyl/N-ethyl adjacent to an activating group) is 3. The Bertz CT molecular complexity index is 4170. The van der Waals surface area contributed by atoms with Crippen molar-refractivity contribution in [1.82, 2.24) is 39.5 Å². The van der Waals surface area contributed by atoms with Crippen LogP contribution in [-0.2, 0) is 97.3 Å². The molecule has 0 spiro atoms. The normalized spacial score (nSPS) is 16.3. The van der Waals surface area contributed by atoms with Crippen LogP contribution in [0, 0.1) is 5.41 Å². The molecule has 3 aliphatic heterocycles. The van der Waals surface area contributed by atoms with Gasteiger partial charge in [-0.05, 0) is 175 Å². The molecule has 5 N–H and O–H groups in total. The number of hydrogen-bond acceptors (Lipinski definition) is 19. The van der Waals surface area contributed by atoms with Crippen molar-refractivity contribution in [3.8, 4) is 0 Å². The Morgan fingerprint density at radius 2 is 0.719 bits per heavy atom. The monoisotopic (exact) mass is 1750 g/mol. The van der Waals surface area contributed by atoms with Crippen molar-refractivity contribution < 1.29 is 72.9 Å². The summed E-state index contributed by atoms with van der Waals surface area (Å²) in [7, 11) is -5.71. The number of benzene rings is 6. The molecule has 6 aromatic rings. The van der Waals surface area contributed by atoms with Crippen molar-refractivity contribution in [2.75, 3.05) is 153 Å². The maximum absolute atomic E-state index is 13.6. The van der Waals surface area contributed by atoms with Crippen molar-refractivity contribution in [1.29, 1.82) is 0 Å². The number of nitrogens with one attached hydrogen (secondary N) is 5. The van der Waals surface area contributed by atoms with Gasteiger partial charge in [-0.25, -0.2) is 39.4 Å². The minimum atomic E-state index is -3.89. The van der Waals surface area contributed by atoms with Gasteiger partial charge in [-0.1, -0.05) is 113 Å². The summed E-state index contributed by atoms with van der Waals surface area (Å²) in [5.74, 6) is -1.21. The van der Waals surface area contributed by atoms with Gasteiger partial charge in [0, 0.05) is 165 Å². The Morgan fingerprint density at radius 1 is 0.404 bits per heavy atom. The molecular formula is C81H104Cl6N8O16S3. The molecule has 0 fully saturated rings. The Kier molecular flexibility index (Phi) is 36.7. The van der Waals surface area contributed by atoms with Crippen molar-refractivity contribution in [3.63, 3.8) is 0 Å². The zero-order valence-electron chi connectivity index (χ0n) is 64.8. The van der Waals surface area contributed by atoms with Gasteiger partial charge in [-0.2, -0.15) is 0 Å². The van der Waals surface area contributed by atoms with E-state index in [-0.39, 0.29) is 226 Å². The van der Waals surface area contributed by atoms with E-state index in [0.29, 0.717) is 75.8 Å².